The van der Waals surface area contributed by atoms with Crippen LogP contribution in [0.25, 0.3) is 0 Å². The lowest BCUT2D eigenvalue weighted by Gasteiger charge is -2.22. The molecule has 0 N–H and O–H groups in total. The molecule has 0 aromatic rings. The summed E-state index contributed by atoms with van der Waals surface area (Å²) in [6.45, 7) is 9.51. The van der Waals surface area contributed by atoms with Crippen LogP contribution in [-0.2, 0) is 13.6 Å². The van der Waals surface area contributed by atoms with Crippen LogP contribution in [0.15, 0.2) is 9.81 Å². The summed E-state index contributed by atoms with van der Waals surface area (Å²) in [6, 6.07) is 0. The van der Waals surface area contributed by atoms with E-state index in [4.69, 9.17) is 9.05 Å². The third-order valence-electron chi connectivity index (χ3n) is 1.59. The summed E-state index contributed by atoms with van der Waals surface area (Å²) in [5.74, 6) is 0. The molecular formula is C11H22FO3PS2. The molecule has 0 aromatic carbocycles. The van der Waals surface area contributed by atoms with E-state index in [-0.39, 0.29) is 18.0 Å². The van der Waals surface area contributed by atoms with Gasteiger partial charge in [0, 0.05) is 4.75 Å². The topological polar surface area (TPSA) is 35.5 Å². The minimum atomic E-state index is -3.80. The van der Waals surface area contributed by atoms with E-state index in [1.165, 1.54) is 23.5 Å². The van der Waals surface area contributed by atoms with Crippen LogP contribution in [0.3, 0.4) is 0 Å². The van der Waals surface area contributed by atoms with Crippen LogP contribution in [0.4, 0.5) is 4.39 Å². The number of halogens is 1. The van der Waals surface area contributed by atoms with E-state index in [2.05, 4.69) is 0 Å². The van der Waals surface area contributed by atoms with Gasteiger partial charge in [0.2, 0.25) is 5.57 Å². The maximum atomic E-state index is 14.3. The second-order valence-corrected chi connectivity index (χ2v) is 9.15. The molecular weight excluding hydrogens is 294 g/mol. The van der Waals surface area contributed by atoms with E-state index < -0.39 is 13.2 Å². The van der Waals surface area contributed by atoms with E-state index in [1.807, 2.05) is 20.8 Å². The smallest absolute Gasteiger partial charge is 0.304 e. The van der Waals surface area contributed by atoms with Crippen LogP contribution < -0.4 is 0 Å². The Kier molecular flexibility index (Phi) is 8.18. The van der Waals surface area contributed by atoms with Gasteiger partial charge in [-0.15, -0.1) is 23.5 Å². The number of rotatable bonds is 7. The summed E-state index contributed by atoms with van der Waals surface area (Å²) >= 11 is 2.54. The maximum Gasteiger partial charge on any atom is 0.391 e. The second kappa shape index (κ2) is 7.95. The Labute approximate surface area is 118 Å². The van der Waals surface area contributed by atoms with E-state index in [0.717, 1.165) is 0 Å². The van der Waals surface area contributed by atoms with Crippen LogP contribution in [0.1, 0.15) is 34.6 Å². The summed E-state index contributed by atoms with van der Waals surface area (Å²) in [5, 5.41) is 0. The average Bonchev–Trinajstić information content (AvgIpc) is 2.24. The first-order valence-electron chi connectivity index (χ1n) is 5.72. The van der Waals surface area contributed by atoms with Crippen molar-refractivity contribution in [1.82, 2.24) is 0 Å². The number of thioether (sulfide) groups is 2. The Bertz CT molecular complexity index is 330. The Morgan fingerprint density at radius 1 is 1.22 bits per heavy atom. The molecule has 7 heteroatoms. The highest BCUT2D eigenvalue weighted by atomic mass is 32.2. The zero-order chi connectivity index (χ0) is 14.4. The molecule has 0 spiro atoms. The SMILES string of the molecule is CCOP(=O)(OCC)/C(F)=C(/SC)SC(C)(C)C. The minimum absolute atomic E-state index is 0.145. The van der Waals surface area contributed by atoms with Crippen molar-refractivity contribution in [3.63, 3.8) is 0 Å². The van der Waals surface area contributed by atoms with Gasteiger partial charge in [0.1, 0.15) is 0 Å². The standard InChI is InChI=1S/C11H22FO3PS2/c1-7-14-16(13,15-8-2)9(12)10(17-6)18-11(3,4)5/h7-8H2,1-6H3/b10-9-. The fraction of sp³-hybridized carbons (Fsp3) is 0.818. The molecule has 0 heterocycles. The zero-order valence-electron chi connectivity index (χ0n) is 11.8. The Hall–Kier alpha value is 0.520. The van der Waals surface area contributed by atoms with Gasteiger partial charge in [0.15, 0.2) is 0 Å². The van der Waals surface area contributed by atoms with Crippen LogP contribution in [0.2, 0.25) is 0 Å². The van der Waals surface area contributed by atoms with Crippen LogP contribution in [0, 0.1) is 0 Å². The van der Waals surface area contributed by atoms with Gasteiger partial charge in [-0.3, -0.25) is 4.57 Å². The van der Waals surface area contributed by atoms with Gasteiger partial charge >= 0.3 is 7.60 Å². The van der Waals surface area contributed by atoms with Crippen molar-refractivity contribution in [2.75, 3.05) is 19.5 Å². The minimum Gasteiger partial charge on any atom is -0.304 e. The highest BCUT2D eigenvalue weighted by Crippen LogP contribution is 2.61. The van der Waals surface area contributed by atoms with E-state index in [0.29, 0.717) is 4.24 Å². The molecule has 108 valence electrons. The van der Waals surface area contributed by atoms with Crippen molar-refractivity contribution in [2.45, 2.75) is 39.4 Å². The molecule has 0 fully saturated rings. The summed E-state index contributed by atoms with van der Waals surface area (Å²) < 4.78 is 36.8. The third-order valence-corrected chi connectivity index (χ3v) is 6.07. The zero-order valence-corrected chi connectivity index (χ0v) is 14.3. The lowest BCUT2D eigenvalue weighted by molar-refractivity contribution is 0.220. The number of hydrogen-bond acceptors (Lipinski definition) is 5. The molecule has 0 aliphatic carbocycles. The fourth-order valence-corrected chi connectivity index (χ4v) is 5.23. The summed E-state index contributed by atoms with van der Waals surface area (Å²) in [4.78, 5) is 0. The fourth-order valence-electron chi connectivity index (χ4n) is 1.05. The first-order valence-corrected chi connectivity index (χ1v) is 9.31. The van der Waals surface area contributed by atoms with Crippen molar-refractivity contribution < 1.29 is 18.0 Å². The van der Waals surface area contributed by atoms with Gasteiger partial charge in [-0.25, -0.2) is 0 Å². The average molecular weight is 316 g/mol. The molecule has 0 bridgehead atoms. The van der Waals surface area contributed by atoms with Gasteiger partial charge in [-0.05, 0) is 20.1 Å². The molecule has 0 aliphatic heterocycles. The number of hydrogen-bond donors (Lipinski definition) is 0. The first kappa shape index (κ1) is 18.5. The molecule has 0 aromatic heterocycles. The van der Waals surface area contributed by atoms with E-state index in [9.17, 15) is 8.96 Å². The van der Waals surface area contributed by atoms with Gasteiger partial charge < -0.3 is 9.05 Å². The van der Waals surface area contributed by atoms with E-state index in [1.54, 1.807) is 20.1 Å². The van der Waals surface area contributed by atoms with Gasteiger partial charge in [0.05, 0.1) is 17.5 Å². The van der Waals surface area contributed by atoms with Crippen molar-refractivity contribution in [2.24, 2.45) is 0 Å². The highest BCUT2D eigenvalue weighted by molar-refractivity contribution is 8.22. The normalized spacial score (nSPS) is 14.6. The van der Waals surface area contributed by atoms with Crippen LogP contribution in [-0.4, -0.2) is 24.2 Å². The maximum absolute atomic E-state index is 14.3. The molecule has 0 radical (unpaired) electrons. The molecule has 0 unspecified atom stereocenters. The van der Waals surface area contributed by atoms with Gasteiger partial charge in [0.25, 0.3) is 0 Å². The molecule has 0 atom stereocenters. The van der Waals surface area contributed by atoms with Crippen molar-refractivity contribution in [1.29, 1.82) is 0 Å². The monoisotopic (exact) mass is 316 g/mol. The molecule has 0 saturated carbocycles. The summed E-state index contributed by atoms with van der Waals surface area (Å²) in [7, 11) is -3.80. The van der Waals surface area contributed by atoms with Gasteiger partial charge in [-0.1, -0.05) is 20.8 Å². The molecule has 0 aliphatic rings. The summed E-state index contributed by atoms with van der Waals surface area (Å²) in [6.07, 6.45) is 1.75. The largest absolute Gasteiger partial charge is 0.391 e. The highest BCUT2D eigenvalue weighted by Gasteiger charge is 2.34. The lowest BCUT2D eigenvalue weighted by Crippen LogP contribution is -2.07. The molecule has 0 rings (SSSR count). The predicted octanol–water partition coefficient (Wildman–Crippen LogP) is 5.24. The van der Waals surface area contributed by atoms with Crippen LogP contribution in [0.5, 0.6) is 0 Å². The Balaban J connectivity index is 5.33. The quantitative estimate of drug-likeness (QED) is 0.600. The van der Waals surface area contributed by atoms with E-state index >= 15 is 0 Å². The first-order chi connectivity index (χ1) is 8.20. The Morgan fingerprint density at radius 2 is 1.67 bits per heavy atom. The van der Waals surface area contributed by atoms with Gasteiger partial charge in [-0.2, -0.15) is 4.39 Å². The second-order valence-electron chi connectivity index (χ2n) is 4.33. The summed E-state index contributed by atoms with van der Waals surface area (Å²) in [5.41, 5.74) is -0.779. The van der Waals surface area contributed by atoms with Crippen molar-refractivity contribution in [3.8, 4) is 0 Å². The van der Waals surface area contributed by atoms with Crippen LogP contribution >= 0.6 is 31.1 Å². The van der Waals surface area contributed by atoms with Crippen molar-refractivity contribution >= 4 is 31.1 Å². The third kappa shape index (κ3) is 6.11. The molecule has 18 heavy (non-hydrogen) atoms. The molecule has 3 nitrogen and oxygen atoms in total. The van der Waals surface area contributed by atoms with Crippen molar-refractivity contribution in [3.05, 3.63) is 9.81 Å². The Morgan fingerprint density at radius 3 is 1.94 bits per heavy atom. The molecule has 0 amide bonds. The predicted molar refractivity (Wildman–Crippen MR) is 79.9 cm³/mol. The lowest BCUT2D eigenvalue weighted by atomic mass is 10.3. The molecule has 0 saturated heterocycles.